The Bertz CT molecular complexity index is 1050. The highest BCUT2D eigenvalue weighted by Crippen LogP contribution is 2.29. The van der Waals surface area contributed by atoms with Gasteiger partial charge >= 0.3 is 0 Å². The molecule has 0 spiro atoms. The number of nitrogens with zero attached hydrogens (tertiary/aromatic N) is 3. The van der Waals surface area contributed by atoms with Crippen LogP contribution in [0.5, 0.6) is 5.75 Å². The fourth-order valence-electron chi connectivity index (χ4n) is 2.82. The maximum absolute atomic E-state index is 10.0. The van der Waals surface area contributed by atoms with Gasteiger partial charge in [0.2, 0.25) is 0 Å². The summed E-state index contributed by atoms with van der Waals surface area (Å²) in [4.78, 5) is 2.33. The first-order valence-electron chi connectivity index (χ1n) is 8.46. The minimum absolute atomic E-state index is 0.101. The number of hydrogen-bond donors (Lipinski definition) is 1. The number of rotatable bonds is 5. The van der Waals surface area contributed by atoms with E-state index in [1.165, 1.54) is 0 Å². The largest absolute Gasteiger partial charge is 0.507 e. The number of para-hydroxylation sites is 3. The van der Waals surface area contributed by atoms with E-state index in [2.05, 4.69) is 10.00 Å². The van der Waals surface area contributed by atoms with Gasteiger partial charge in [0.25, 0.3) is 10.7 Å². The summed E-state index contributed by atoms with van der Waals surface area (Å²) in [6.45, 7) is 0.379. The van der Waals surface area contributed by atoms with Crippen molar-refractivity contribution in [2.24, 2.45) is 0 Å². The van der Waals surface area contributed by atoms with Crippen LogP contribution in [0.25, 0.3) is 11.5 Å². The van der Waals surface area contributed by atoms with Crippen molar-refractivity contribution in [1.29, 1.82) is 0 Å². The number of aromatic nitrogens is 2. The van der Waals surface area contributed by atoms with Crippen LogP contribution in [0.1, 0.15) is 0 Å². The monoisotopic (exact) mass is 375 g/mol. The Morgan fingerprint density at radius 3 is 2.00 bits per heavy atom. The zero-order valence-corrected chi connectivity index (χ0v) is 15.2. The highest BCUT2D eigenvalue weighted by Gasteiger charge is 2.15. The normalized spacial score (nSPS) is 10.7. The van der Waals surface area contributed by atoms with Gasteiger partial charge in [0.1, 0.15) is 12.4 Å². The molecule has 0 saturated heterocycles. The number of benzene rings is 3. The predicted octanol–water partition coefficient (Wildman–Crippen LogP) is 5.37. The third-order valence-corrected chi connectivity index (χ3v) is 4.45. The fraction of sp³-hybridized carbons (Fsp3) is 0.0476. The first-order chi connectivity index (χ1) is 13.2. The summed E-state index contributed by atoms with van der Waals surface area (Å²) in [7, 11) is 0. The van der Waals surface area contributed by atoms with Crippen LogP contribution in [-0.2, 0) is 6.67 Å². The van der Waals surface area contributed by atoms with Gasteiger partial charge < -0.3 is 14.4 Å². The molecule has 0 radical (unpaired) electrons. The lowest BCUT2D eigenvalue weighted by atomic mass is 10.2. The van der Waals surface area contributed by atoms with E-state index in [1.807, 2.05) is 66.7 Å². The van der Waals surface area contributed by atoms with Crippen molar-refractivity contribution in [3.63, 3.8) is 0 Å². The van der Waals surface area contributed by atoms with Gasteiger partial charge in [0.05, 0.1) is 5.56 Å². The highest BCUT2D eigenvalue weighted by molar-refractivity contribution is 7.71. The summed E-state index contributed by atoms with van der Waals surface area (Å²) in [5.41, 5.74) is 2.53. The number of phenols is 1. The topological polar surface area (TPSA) is 54.4 Å². The van der Waals surface area contributed by atoms with Gasteiger partial charge in [-0.25, -0.2) is 0 Å². The lowest BCUT2D eigenvalue weighted by molar-refractivity contribution is 0.471. The molecule has 0 aliphatic rings. The lowest BCUT2D eigenvalue weighted by Gasteiger charge is -2.24. The highest BCUT2D eigenvalue weighted by atomic mass is 32.1. The van der Waals surface area contributed by atoms with Gasteiger partial charge in [0, 0.05) is 11.4 Å². The molecule has 1 N–H and O–H groups in total. The van der Waals surface area contributed by atoms with E-state index in [1.54, 1.807) is 22.9 Å². The van der Waals surface area contributed by atoms with Crippen molar-refractivity contribution in [3.05, 3.63) is 89.8 Å². The second-order valence-electron chi connectivity index (χ2n) is 5.93. The van der Waals surface area contributed by atoms with E-state index in [0.717, 1.165) is 11.4 Å². The van der Waals surface area contributed by atoms with Gasteiger partial charge in [-0.05, 0) is 48.6 Å². The quantitative estimate of drug-likeness (QED) is 0.475. The van der Waals surface area contributed by atoms with Gasteiger partial charge in [0.15, 0.2) is 0 Å². The van der Waals surface area contributed by atoms with E-state index >= 15 is 0 Å². The average Bonchev–Trinajstić information content (AvgIpc) is 3.08. The van der Waals surface area contributed by atoms with E-state index in [0.29, 0.717) is 18.1 Å². The molecule has 0 fully saturated rings. The average molecular weight is 375 g/mol. The molecule has 3 aromatic carbocycles. The first-order valence-corrected chi connectivity index (χ1v) is 8.87. The zero-order chi connectivity index (χ0) is 18.6. The first kappa shape index (κ1) is 17.1. The van der Waals surface area contributed by atoms with Crippen LogP contribution >= 0.6 is 12.2 Å². The Labute approximate surface area is 161 Å². The zero-order valence-electron chi connectivity index (χ0n) is 14.4. The standard InChI is InChI=1S/C21H17N3O2S/c25-19-14-8-7-13-18(19)20-22-24(21(27)26-20)15-23(16-9-3-1-4-10-16)17-11-5-2-6-12-17/h1-14,25H,15H2. The molecule has 0 bridgehead atoms. The van der Waals surface area contributed by atoms with Crippen molar-refractivity contribution in [1.82, 2.24) is 9.78 Å². The van der Waals surface area contributed by atoms with Crippen molar-refractivity contribution in [2.75, 3.05) is 4.90 Å². The van der Waals surface area contributed by atoms with E-state index in [4.69, 9.17) is 16.6 Å². The van der Waals surface area contributed by atoms with Crippen LogP contribution in [0.3, 0.4) is 0 Å². The van der Waals surface area contributed by atoms with Crippen LogP contribution in [0.2, 0.25) is 0 Å². The maximum Gasteiger partial charge on any atom is 0.289 e. The Kier molecular flexibility index (Phi) is 4.72. The SMILES string of the molecule is Oc1ccccc1-c1nn(CN(c2ccccc2)c2ccccc2)c(=S)o1. The summed E-state index contributed by atoms with van der Waals surface area (Å²) >= 11 is 5.36. The molecule has 0 atom stereocenters. The molecular weight excluding hydrogens is 358 g/mol. The Morgan fingerprint density at radius 1 is 0.852 bits per heavy atom. The third kappa shape index (κ3) is 3.61. The molecule has 4 rings (SSSR count). The van der Waals surface area contributed by atoms with Gasteiger partial charge in [-0.3, -0.25) is 0 Å². The molecule has 0 saturated carbocycles. The Morgan fingerprint density at radius 2 is 1.41 bits per heavy atom. The minimum Gasteiger partial charge on any atom is -0.507 e. The number of hydrogen-bond acceptors (Lipinski definition) is 5. The van der Waals surface area contributed by atoms with E-state index in [-0.39, 0.29) is 10.6 Å². The minimum atomic E-state index is 0.101. The van der Waals surface area contributed by atoms with Gasteiger partial charge in [-0.1, -0.05) is 48.5 Å². The molecule has 0 aliphatic heterocycles. The number of anilines is 2. The lowest BCUT2D eigenvalue weighted by Crippen LogP contribution is -2.22. The van der Waals surface area contributed by atoms with Gasteiger partial charge in [-0.2, -0.15) is 4.68 Å². The van der Waals surface area contributed by atoms with E-state index in [9.17, 15) is 5.11 Å². The molecule has 0 aliphatic carbocycles. The second kappa shape index (κ2) is 7.47. The summed E-state index contributed by atoms with van der Waals surface area (Å²) in [5.74, 6) is 0.392. The van der Waals surface area contributed by atoms with Crippen molar-refractivity contribution >= 4 is 23.6 Å². The molecule has 0 unspecified atom stereocenters. The molecule has 0 amide bonds. The third-order valence-electron chi connectivity index (χ3n) is 4.15. The molecule has 1 aromatic heterocycles. The van der Waals surface area contributed by atoms with Crippen LogP contribution in [0.15, 0.2) is 89.3 Å². The van der Waals surface area contributed by atoms with Gasteiger partial charge in [-0.15, -0.1) is 5.10 Å². The summed E-state index contributed by atoms with van der Waals surface area (Å²) in [6, 6.07) is 26.9. The predicted molar refractivity (Wildman–Crippen MR) is 107 cm³/mol. The van der Waals surface area contributed by atoms with Crippen LogP contribution in [0, 0.1) is 4.84 Å². The molecule has 4 aromatic rings. The Balaban J connectivity index is 1.72. The number of phenolic OH excluding ortho intramolecular Hbond substituents is 1. The smallest absolute Gasteiger partial charge is 0.289 e. The van der Waals surface area contributed by atoms with Crippen molar-refractivity contribution in [3.8, 4) is 17.2 Å². The Hall–Kier alpha value is -3.38. The van der Waals surface area contributed by atoms with Crippen LogP contribution in [-0.4, -0.2) is 14.9 Å². The molecule has 27 heavy (non-hydrogen) atoms. The fourth-order valence-corrected chi connectivity index (χ4v) is 3.00. The molecule has 134 valence electrons. The molecule has 6 heteroatoms. The summed E-state index contributed by atoms with van der Waals surface area (Å²) < 4.78 is 7.24. The van der Waals surface area contributed by atoms with Crippen LogP contribution < -0.4 is 4.90 Å². The maximum atomic E-state index is 10.0. The van der Waals surface area contributed by atoms with E-state index < -0.39 is 0 Å². The second-order valence-corrected chi connectivity index (χ2v) is 6.28. The summed E-state index contributed by atoms with van der Waals surface area (Å²) in [5, 5.41) is 14.5. The molecule has 5 nitrogen and oxygen atoms in total. The van der Waals surface area contributed by atoms with Crippen molar-refractivity contribution < 1.29 is 9.52 Å². The van der Waals surface area contributed by atoms with Crippen LogP contribution in [0.4, 0.5) is 11.4 Å². The molecular formula is C21H17N3O2S. The molecule has 1 heterocycles. The van der Waals surface area contributed by atoms with Crippen molar-refractivity contribution in [2.45, 2.75) is 6.67 Å². The summed E-state index contributed by atoms with van der Waals surface area (Å²) in [6.07, 6.45) is 0. The number of aromatic hydroxyl groups is 1.